The van der Waals surface area contributed by atoms with Crippen LogP contribution in [0, 0.1) is 0 Å². The average Bonchev–Trinajstić information content (AvgIpc) is 2.98. The third kappa shape index (κ3) is 2.07. The Hall–Kier alpha value is -2.35. The number of fused-ring (bicyclic) bond motifs is 2. The Labute approximate surface area is 123 Å². The average molecular weight is 275 g/mol. The molecule has 0 bridgehead atoms. The number of H-pyrrole nitrogens is 1. The van der Waals surface area contributed by atoms with Crippen molar-refractivity contribution in [2.45, 2.75) is 25.7 Å². The van der Waals surface area contributed by atoms with Crippen LogP contribution in [0.3, 0.4) is 0 Å². The van der Waals surface area contributed by atoms with Crippen LogP contribution in [0.1, 0.15) is 28.8 Å². The molecule has 0 saturated carbocycles. The minimum Gasteiger partial charge on any atom is -0.358 e. The fourth-order valence-corrected chi connectivity index (χ4v) is 3.35. The van der Waals surface area contributed by atoms with Crippen molar-refractivity contribution in [3.63, 3.8) is 0 Å². The van der Waals surface area contributed by atoms with Gasteiger partial charge in [0.1, 0.15) is 0 Å². The maximum atomic E-state index is 12.6. The first-order chi connectivity index (χ1) is 10.3. The summed E-state index contributed by atoms with van der Waals surface area (Å²) in [7, 11) is 0. The lowest BCUT2D eigenvalue weighted by atomic mass is 10.0. The minimum absolute atomic E-state index is 0.228. The summed E-state index contributed by atoms with van der Waals surface area (Å²) in [4.78, 5) is 16.1. The van der Waals surface area contributed by atoms with E-state index in [2.05, 4.69) is 35.3 Å². The number of para-hydroxylation sites is 1. The molecular weight excluding hydrogens is 258 g/mol. The molecule has 0 amide bonds. The van der Waals surface area contributed by atoms with Crippen LogP contribution in [0.4, 0.5) is 0 Å². The second-order valence-electron chi connectivity index (χ2n) is 5.77. The van der Waals surface area contributed by atoms with Crippen LogP contribution in [-0.4, -0.2) is 4.98 Å². The number of aromatic amines is 1. The third-order valence-electron chi connectivity index (χ3n) is 4.40. The highest BCUT2D eigenvalue weighted by atomic mass is 16.1. The molecule has 21 heavy (non-hydrogen) atoms. The van der Waals surface area contributed by atoms with Crippen LogP contribution in [0.5, 0.6) is 0 Å². The summed E-state index contributed by atoms with van der Waals surface area (Å²) in [5.41, 5.74) is 5.86. The first kappa shape index (κ1) is 12.4. The third-order valence-corrected chi connectivity index (χ3v) is 4.40. The second kappa shape index (κ2) is 4.88. The van der Waals surface area contributed by atoms with Gasteiger partial charge in [-0.05, 0) is 42.9 Å². The summed E-state index contributed by atoms with van der Waals surface area (Å²) >= 11 is 0. The molecule has 0 aliphatic heterocycles. The summed E-state index contributed by atoms with van der Waals surface area (Å²) in [6, 6.07) is 16.5. The molecule has 2 heteroatoms. The summed E-state index contributed by atoms with van der Waals surface area (Å²) in [6.07, 6.45) is 3.86. The van der Waals surface area contributed by atoms with Crippen LogP contribution in [0.25, 0.3) is 10.9 Å². The highest BCUT2D eigenvalue weighted by Crippen LogP contribution is 2.23. The van der Waals surface area contributed by atoms with Crippen molar-refractivity contribution in [1.82, 2.24) is 4.98 Å². The van der Waals surface area contributed by atoms with E-state index < -0.39 is 0 Å². The van der Waals surface area contributed by atoms with E-state index in [1.54, 1.807) is 0 Å². The second-order valence-corrected chi connectivity index (χ2v) is 5.77. The number of hydrogen-bond donors (Lipinski definition) is 1. The Morgan fingerprint density at radius 2 is 1.81 bits per heavy atom. The van der Waals surface area contributed by atoms with Gasteiger partial charge in [0.2, 0.25) is 0 Å². The van der Waals surface area contributed by atoms with E-state index in [1.165, 1.54) is 11.1 Å². The van der Waals surface area contributed by atoms with Crippen LogP contribution in [0.15, 0.2) is 53.3 Å². The fraction of sp³-hybridized carbons (Fsp3) is 0.211. The Morgan fingerprint density at radius 3 is 2.67 bits per heavy atom. The standard InChI is InChI=1S/C19H17NO/c21-19-15-9-5-11-17(15)20-18-14(8-4-10-16(18)19)12-13-6-2-1-3-7-13/h1-4,6-8,10H,5,9,11-12H2,(H,20,21). The number of benzene rings is 2. The molecule has 1 heterocycles. The van der Waals surface area contributed by atoms with Gasteiger partial charge in [-0.25, -0.2) is 0 Å². The molecule has 0 fully saturated rings. The van der Waals surface area contributed by atoms with E-state index in [0.717, 1.165) is 47.8 Å². The number of aryl methyl sites for hydroxylation is 1. The van der Waals surface area contributed by atoms with Crippen molar-refractivity contribution >= 4 is 10.9 Å². The molecule has 1 N–H and O–H groups in total. The lowest BCUT2D eigenvalue weighted by Crippen LogP contribution is -2.11. The van der Waals surface area contributed by atoms with Gasteiger partial charge in [0.05, 0.1) is 5.52 Å². The number of rotatable bonds is 2. The van der Waals surface area contributed by atoms with Crippen LogP contribution >= 0.6 is 0 Å². The normalized spacial score (nSPS) is 13.5. The molecule has 4 rings (SSSR count). The SMILES string of the molecule is O=c1c2c([nH]c3c(Cc4ccccc4)cccc13)CCC2. The zero-order valence-electron chi connectivity index (χ0n) is 11.9. The van der Waals surface area contributed by atoms with Crippen LogP contribution in [-0.2, 0) is 19.3 Å². The smallest absolute Gasteiger partial charge is 0.192 e. The molecule has 1 aliphatic carbocycles. The summed E-state index contributed by atoms with van der Waals surface area (Å²) in [6.45, 7) is 0. The predicted octanol–water partition coefficient (Wildman–Crippen LogP) is 3.61. The van der Waals surface area contributed by atoms with Crippen molar-refractivity contribution < 1.29 is 0 Å². The zero-order valence-corrected chi connectivity index (χ0v) is 11.9. The van der Waals surface area contributed by atoms with E-state index in [-0.39, 0.29) is 5.43 Å². The van der Waals surface area contributed by atoms with Gasteiger partial charge in [0.25, 0.3) is 0 Å². The highest BCUT2D eigenvalue weighted by Gasteiger charge is 2.18. The fourth-order valence-electron chi connectivity index (χ4n) is 3.35. The van der Waals surface area contributed by atoms with Gasteiger partial charge in [-0.15, -0.1) is 0 Å². The van der Waals surface area contributed by atoms with E-state index in [1.807, 2.05) is 18.2 Å². The summed E-state index contributed by atoms with van der Waals surface area (Å²) in [5.74, 6) is 0. The Bertz CT molecular complexity index is 862. The van der Waals surface area contributed by atoms with Crippen molar-refractivity contribution in [2.75, 3.05) is 0 Å². The molecule has 2 nitrogen and oxygen atoms in total. The van der Waals surface area contributed by atoms with Crippen molar-refractivity contribution in [1.29, 1.82) is 0 Å². The van der Waals surface area contributed by atoms with Gasteiger partial charge in [-0.3, -0.25) is 4.79 Å². The lowest BCUT2D eigenvalue weighted by molar-refractivity contribution is 0.900. The molecule has 2 aromatic carbocycles. The van der Waals surface area contributed by atoms with E-state index in [4.69, 9.17) is 0 Å². The first-order valence-electron chi connectivity index (χ1n) is 7.52. The van der Waals surface area contributed by atoms with Gasteiger partial charge in [-0.2, -0.15) is 0 Å². The number of nitrogens with one attached hydrogen (secondary N) is 1. The van der Waals surface area contributed by atoms with Crippen LogP contribution < -0.4 is 5.43 Å². The van der Waals surface area contributed by atoms with Crippen molar-refractivity contribution in [2.24, 2.45) is 0 Å². The topological polar surface area (TPSA) is 32.9 Å². The Kier molecular flexibility index (Phi) is 2.88. The van der Waals surface area contributed by atoms with Crippen molar-refractivity contribution in [3.05, 3.63) is 81.1 Å². The molecule has 0 atom stereocenters. The molecule has 0 unspecified atom stereocenters. The molecule has 0 radical (unpaired) electrons. The first-order valence-corrected chi connectivity index (χ1v) is 7.52. The molecule has 104 valence electrons. The predicted molar refractivity (Wildman–Crippen MR) is 85.8 cm³/mol. The Balaban J connectivity index is 1.91. The van der Waals surface area contributed by atoms with Crippen LogP contribution in [0.2, 0.25) is 0 Å². The lowest BCUT2D eigenvalue weighted by Gasteiger charge is -2.09. The molecule has 1 aromatic heterocycles. The van der Waals surface area contributed by atoms with E-state index in [9.17, 15) is 4.79 Å². The minimum atomic E-state index is 0.228. The van der Waals surface area contributed by atoms with Gasteiger partial charge < -0.3 is 4.98 Å². The van der Waals surface area contributed by atoms with E-state index in [0.29, 0.717) is 0 Å². The largest absolute Gasteiger partial charge is 0.358 e. The maximum absolute atomic E-state index is 12.6. The molecule has 0 spiro atoms. The number of pyridine rings is 1. The monoisotopic (exact) mass is 275 g/mol. The van der Waals surface area contributed by atoms with E-state index >= 15 is 0 Å². The van der Waals surface area contributed by atoms with Gasteiger partial charge >= 0.3 is 0 Å². The van der Waals surface area contributed by atoms with Gasteiger partial charge in [-0.1, -0.05) is 42.5 Å². The van der Waals surface area contributed by atoms with Crippen molar-refractivity contribution in [3.8, 4) is 0 Å². The molecule has 0 saturated heterocycles. The number of hydrogen-bond acceptors (Lipinski definition) is 1. The number of aromatic nitrogens is 1. The molecular formula is C19H17NO. The summed E-state index contributed by atoms with van der Waals surface area (Å²) < 4.78 is 0. The molecule has 3 aromatic rings. The highest BCUT2D eigenvalue weighted by molar-refractivity contribution is 5.83. The van der Waals surface area contributed by atoms with Gasteiger partial charge in [0, 0.05) is 16.6 Å². The quantitative estimate of drug-likeness (QED) is 0.761. The van der Waals surface area contributed by atoms with Gasteiger partial charge in [0.15, 0.2) is 5.43 Å². The maximum Gasteiger partial charge on any atom is 0.192 e. The summed E-state index contributed by atoms with van der Waals surface area (Å²) in [5, 5.41) is 0.837. The molecule has 1 aliphatic rings. The zero-order chi connectivity index (χ0) is 14.2. The Morgan fingerprint density at radius 1 is 0.952 bits per heavy atom.